The molecule has 2 aromatic heterocycles. The third-order valence-electron chi connectivity index (χ3n) is 6.00. The molecular weight excluding hydrogens is 396 g/mol. The van der Waals surface area contributed by atoms with Gasteiger partial charge in [-0.05, 0) is 49.1 Å². The minimum Gasteiger partial charge on any atom is -0.497 e. The minimum absolute atomic E-state index is 0.0367. The maximum atomic E-state index is 13.1. The largest absolute Gasteiger partial charge is 0.497 e. The molecule has 1 saturated heterocycles. The van der Waals surface area contributed by atoms with E-state index in [4.69, 9.17) is 4.74 Å². The van der Waals surface area contributed by atoms with E-state index in [1.165, 1.54) is 11.6 Å². The van der Waals surface area contributed by atoms with Crippen molar-refractivity contribution in [1.82, 2.24) is 19.0 Å². The van der Waals surface area contributed by atoms with E-state index in [2.05, 4.69) is 4.98 Å². The van der Waals surface area contributed by atoms with Gasteiger partial charge in [0.1, 0.15) is 11.4 Å². The second-order valence-electron chi connectivity index (χ2n) is 7.94. The van der Waals surface area contributed by atoms with Crippen molar-refractivity contribution in [2.24, 2.45) is 14.1 Å². The fraction of sp³-hybridized carbons (Fsp3) is 0.391. The van der Waals surface area contributed by atoms with Gasteiger partial charge in [0.15, 0.2) is 0 Å². The summed E-state index contributed by atoms with van der Waals surface area (Å²) in [7, 11) is 4.67. The van der Waals surface area contributed by atoms with E-state index in [1.54, 1.807) is 26.3 Å². The summed E-state index contributed by atoms with van der Waals surface area (Å²) in [6.45, 7) is 0.662. The van der Waals surface area contributed by atoms with Gasteiger partial charge < -0.3 is 9.64 Å². The molecule has 8 heteroatoms. The molecule has 1 fully saturated rings. The van der Waals surface area contributed by atoms with Crippen molar-refractivity contribution in [3.63, 3.8) is 0 Å². The van der Waals surface area contributed by atoms with Gasteiger partial charge in [0, 0.05) is 20.6 Å². The Hall–Kier alpha value is -3.42. The first-order valence-corrected chi connectivity index (χ1v) is 10.4. The number of fused-ring (bicyclic) bond motifs is 1. The Morgan fingerprint density at radius 3 is 2.52 bits per heavy atom. The highest BCUT2D eigenvalue weighted by molar-refractivity contribution is 5.80. The maximum absolute atomic E-state index is 13.1. The fourth-order valence-electron chi connectivity index (χ4n) is 4.21. The molecule has 0 aliphatic carbocycles. The van der Waals surface area contributed by atoms with Crippen LogP contribution in [0.2, 0.25) is 0 Å². The number of piperidine rings is 1. The third-order valence-corrected chi connectivity index (χ3v) is 6.00. The first kappa shape index (κ1) is 20.8. The van der Waals surface area contributed by atoms with Gasteiger partial charge in [0.25, 0.3) is 5.56 Å². The zero-order valence-electron chi connectivity index (χ0n) is 18.0. The highest BCUT2D eigenvalue weighted by atomic mass is 16.5. The molecule has 1 aromatic carbocycles. The summed E-state index contributed by atoms with van der Waals surface area (Å²) in [6, 6.07) is 10.8. The molecule has 1 amide bonds. The van der Waals surface area contributed by atoms with Gasteiger partial charge in [0.05, 0.1) is 30.7 Å². The van der Waals surface area contributed by atoms with E-state index >= 15 is 0 Å². The van der Waals surface area contributed by atoms with Crippen LogP contribution in [0.25, 0.3) is 11.0 Å². The number of ether oxygens (including phenoxy) is 1. The van der Waals surface area contributed by atoms with Crippen LogP contribution in [0.3, 0.4) is 0 Å². The predicted octanol–water partition coefficient (Wildman–Crippen LogP) is 1.94. The number of rotatable bonds is 4. The van der Waals surface area contributed by atoms with Crippen LogP contribution in [-0.4, -0.2) is 38.6 Å². The van der Waals surface area contributed by atoms with Crippen LogP contribution in [0.5, 0.6) is 5.75 Å². The molecule has 162 valence electrons. The Kier molecular flexibility index (Phi) is 5.63. The summed E-state index contributed by atoms with van der Waals surface area (Å²) in [4.78, 5) is 44.5. The SMILES string of the molecule is COc1ccc(CC(=O)N2CCCCC2c2ccc3c(=O)n(C)c(=O)n(C)c3n2)cc1. The van der Waals surface area contributed by atoms with E-state index in [0.29, 0.717) is 29.7 Å². The number of carbonyl (C=O) groups excluding carboxylic acids is 1. The fourth-order valence-corrected chi connectivity index (χ4v) is 4.21. The van der Waals surface area contributed by atoms with Gasteiger partial charge in [-0.15, -0.1) is 0 Å². The highest BCUT2D eigenvalue weighted by Crippen LogP contribution is 2.31. The molecule has 1 aliphatic rings. The molecule has 3 heterocycles. The van der Waals surface area contributed by atoms with Crippen LogP contribution in [0, 0.1) is 0 Å². The number of likely N-dealkylation sites (tertiary alicyclic amines) is 1. The second-order valence-corrected chi connectivity index (χ2v) is 7.94. The summed E-state index contributed by atoms with van der Waals surface area (Å²) in [5.74, 6) is 0.791. The molecule has 31 heavy (non-hydrogen) atoms. The molecule has 0 spiro atoms. The van der Waals surface area contributed by atoms with E-state index in [0.717, 1.165) is 35.1 Å². The number of hydrogen-bond donors (Lipinski definition) is 0. The number of amides is 1. The van der Waals surface area contributed by atoms with Crippen molar-refractivity contribution in [3.05, 3.63) is 68.5 Å². The normalized spacial score (nSPS) is 16.5. The lowest BCUT2D eigenvalue weighted by Crippen LogP contribution is -2.40. The van der Waals surface area contributed by atoms with Gasteiger partial charge in [-0.3, -0.25) is 18.7 Å². The van der Waals surface area contributed by atoms with Crippen molar-refractivity contribution in [2.75, 3.05) is 13.7 Å². The summed E-state index contributed by atoms with van der Waals surface area (Å²) < 4.78 is 7.64. The summed E-state index contributed by atoms with van der Waals surface area (Å²) in [6.07, 6.45) is 3.03. The Morgan fingerprint density at radius 1 is 1.06 bits per heavy atom. The first-order valence-electron chi connectivity index (χ1n) is 10.4. The smallest absolute Gasteiger partial charge is 0.332 e. The van der Waals surface area contributed by atoms with Crippen molar-refractivity contribution in [2.45, 2.75) is 31.7 Å². The summed E-state index contributed by atoms with van der Waals surface area (Å²) in [5, 5.41) is 0.389. The van der Waals surface area contributed by atoms with Crippen LogP contribution >= 0.6 is 0 Å². The van der Waals surface area contributed by atoms with Crippen molar-refractivity contribution in [3.8, 4) is 5.75 Å². The lowest BCUT2D eigenvalue weighted by atomic mass is 9.97. The van der Waals surface area contributed by atoms with Gasteiger partial charge in [-0.25, -0.2) is 9.78 Å². The zero-order chi connectivity index (χ0) is 22.1. The number of carbonyl (C=O) groups is 1. The molecular formula is C23H26N4O4. The molecule has 1 atom stereocenters. The van der Waals surface area contributed by atoms with Crippen LogP contribution in [0.15, 0.2) is 46.0 Å². The molecule has 0 bridgehead atoms. The van der Waals surface area contributed by atoms with Crippen molar-refractivity contribution < 1.29 is 9.53 Å². The van der Waals surface area contributed by atoms with E-state index < -0.39 is 5.69 Å². The molecule has 0 N–H and O–H groups in total. The van der Waals surface area contributed by atoms with E-state index in [9.17, 15) is 14.4 Å². The van der Waals surface area contributed by atoms with Crippen LogP contribution in [0.4, 0.5) is 0 Å². The van der Waals surface area contributed by atoms with Crippen LogP contribution in [-0.2, 0) is 25.3 Å². The average molecular weight is 422 g/mol. The lowest BCUT2D eigenvalue weighted by molar-refractivity contribution is -0.134. The molecule has 1 aliphatic heterocycles. The Labute approximate surface area is 179 Å². The quantitative estimate of drug-likeness (QED) is 0.641. The summed E-state index contributed by atoms with van der Waals surface area (Å²) >= 11 is 0. The molecule has 8 nitrogen and oxygen atoms in total. The van der Waals surface area contributed by atoms with Gasteiger partial charge >= 0.3 is 5.69 Å². The number of benzene rings is 1. The number of hydrogen-bond acceptors (Lipinski definition) is 5. The third kappa shape index (κ3) is 3.85. The number of methoxy groups -OCH3 is 1. The van der Waals surface area contributed by atoms with Crippen molar-refractivity contribution in [1.29, 1.82) is 0 Å². The molecule has 0 radical (unpaired) electrons. The number of aryl methyl sites for hydroxylation is 1. The zero-order valence-corrected chi connectivity index (χ0v) is 18.0. The van der Waals surface area contributed by atoms with E-state index in [-0.39, 0.29) is 17.5 Å². The molecule has 1 unspecified atom stereocenters. The number of aromatic nitrogens is 3. The predicted molar refractivity (Wildman–Crippen MR) is 117 cm³/mol. The Balaban J connectivity index is 1.66. The Bertz CT molecular complexity index is 1240. The Morgan fingerprint density at radius 2 is 1.81 bits per heavy atom. The van der Waals surface area contributed by atoms with Gasteiger partial charge in [-0.1, -0.05) is 12.1 Å². The standard InChI is InChI=1S/C23H26N4O4/c1-25-21-17(22(29)26(2)23(25)30)11-12-18(24-21)19-6-4-5-13-27(19)20(28)14-15-7-9-16(31-3)10-8-15/h7-12,19H,4-6,13-14H2,1-3H3. The summed E-state index contributed by atoms with van der Waals surface area (Å²) in [5.41, 5.74) is 1.19. The maximum Gasteiger partial charge on any atom is 0.332 e. The van der Waals surface area contributed by atoms with E-state index in [1.807, 2.05) is 29.2 Å². The first-order chi connectivity index (χ1) is 14.9. The number of pyridine rings is 1. The van der Waals surface area contributed by atoms with Crippen molar-refractivity contribution >= 4 is 16.9 Å². The van der Waals surface area contributed by atoms with Gasteiger partial charge in [-0.2, -0.15) is 0 Å². The van der Waals surface area contributed by atoms with Gasteiger partial charge in [0.2, 0.25) is 5.91 Å². The average Bonchev–Trinajstić information content (AvgIpc) is 2.81. The molecule has 0 saturated carbocycles. The lowest BCUT2D eigenvalue weighted by Gasteiger charge is -2.35. The molecule has 3 aromatic rings. The topological polar surface area (TPSA) is 86.4 Å². The number of nitrogens with zero attached hydrogens (tertiary/aromatic N) is 4. The second kappa shape index (κ2) is 8.37. The van der Waals surface area contributed by atoms with Crippen LogP contribution < -0.4 is 16.0 Å². The monoisotopic (exact) mass is 422 g/mol. The minimum atomic E-state index is -0.418. The van der Waals surface area contributed by atoms with Crippen LogP contribution in [0.1, 0.15) is 36.6 Å². The highest BCUT2D eigenvalue weighted by Gasteiger charge is 2.29. The molecule has 4 rings (SSSR count).